The van der Waals surface area contributed by atoms with Crippen LogP contribution in [0.1, 0.15) is 17.5 Å². The van der Waals surface area contributed by atoms with E-state index in [0.29, 0.717) is 18.5 Å². The van der Waals surface area contributed by atoms with Crippen molar-refractivity contribution in [1.82, 2.24) is 4.31 Å². The maximum Gasteiger partial charge on any atom is 0.246 e. The molecule has 0 radical (unpaired) electrons. The number of sulfonamides is 1. The summed E-state index contributed by atoms with van der Waals surface area (Å²) in [5.74, 6) is -0.726. The van der Waals surface area contributed by atoms with Crippen molar-refractivity contribution >= 4 is 10.0 Å². The van der Waals surface area contributed by atoms with Gasteiger partial charge in [0.25, 0.3) is 0 Å². The van der Waals surface area contributed by atoms with Crippen LogP contribution in [0.2, 0.25) is 0 Å². The second-order valence-electron chi connectivity index (χ2n) is 5.40. The molecular weight excluding hydrogens is 315 g/mol. The van der Waals surface area contributed by atoms with Gasteiger partial charge in [-0.1, -0.05) is 36.4 Å². The van der Waals surface area contributed by atoms with Gasteiger partial charge in [0.2, 0.25) is 10.0 Å². The Kier molecular flexibility index (Phi) is 5.87. The maximum absolute atomic E-state index is 14.1. The van der Waals surface area contributed by atoms with E-state index in [4.69, 9.17) is 5.73 Å². The van der Waals surface area contributed by atoms with Gasteiger partial charge >= 0.3 is 0 Å². The summed E-state index contributed by atoms with van der Waals surface area (Å²) in [6.45, 7) is 2.53. The smallest absolute Gasteiger partial charge is 0.246 e. The van der Waals surface area contributed by atoms with Crippen molar-refractivity contribution < 1.29 is 12.8 Å². The molecule has 0 spiro atoms. The normalized spacial score (nSPS) is 11.8. The van der Waals surface area contributed by atoms with Gasteiger partial charge in [0.15, 0.2) is 0 Å². The number of benzene rings is 2. The number of aryl methyl sites for hydroxylation is 1. The Morgan fingerprint density at radius 2 is 1.83 bits per heavy atom. The molecule has 0 saturated heterocycles. The molecule has 0 saturated carbocycles. The van der Waals surface area contributed by atoms with Crippen molar-refractivity contribution in [1.29, 1.82) is 0 Å². The molecule has 2 rings (SSSR count). The molecule has 0 amide bonds. The molecule has 124 valence electrons. The summed E-state index contributed by atoms with van der Waals surface area (Å²) < 4.78 is 41.1. The molecule has 0 aliphatic carbocycles. The number of hydrogen-bond donors (Lipinski definition) is 1. The lowest BCUT2D eigenvalue weighted by Gasteiger charge is -2.22. The predicted molar refractivity (Wildman–Crippen MR) is 88.8 cm³/mol. The lowest BCUT2D eigenvalue weighted by atomic mass is 10.2. The van der Waals surface area contributed by atoms with E-state index in [1.165, 1.54) is 16.4 Å². The summed E-state index contributed by atoms with van der Waals surface area (Å²) in [4.78, 5) is -0.295. The van der Waals surface area contributed by atoms with Crippen LogP contribution in [0, 0.1) is 12.7 Å². The van der Waals surface area contributed by atoms with Gasteiger partial charge in [-0.05, 0) is 43.1 Å². The first kappa shape index (κ1) is 17.6. The zero-order valence-electron chi connectivity index (χ0n) is 13.1. The molecule has 4 nitrogen and oxygen atoms in total. The van der Waals surface area contributed by atoms with Crippen molar-refractivity contribution in [2.24, 2.45) is 5.73 Å². The molecule has 0 aromatic heterocycles. The number of halogens is 1. The molecule has 2 N–H and O–H groups in total. The van der Waals surface area contributed by atoms with E-state index in [0.717, 1.165) is 5.56 Å². The molecule has 0 heterocycles. The molecule has 0 unspecified atom stereocenters. The molecule has 0 bridgehead atoms. The molecule has 2 aromatic carbocycles. The van der Waals surface area contributed by atoms with E-state index in [9.17, 15) is 12.8 Å². The fraction of sp³-hybridized carbons (Fsp3) is 0.294. The summed E-state index contributed by atoms with van der Waals surface area (Å²) in [6.07, 6.45) is 0.513. The highest BCUT2D eigenvalue weighted by Gasteiger charge is 2.27. The van der Waals surface area contributed by atoms with Gasteiger partial charge < -0.3 is 5.73 Å². The summed E-state index contributed by atoms with van der Waals surface area (Å²) in [7, 11) is -3.92. The van der Waals surface area contributed by atoms with Crippen molar-refractivity contribution in [3.05, 3.63) is 65.5 Å². The van der Waals surface area contributed by atoms with Gasteiger partial charge in [-0.25, -0.2) is 12.8 Å². The molecule has 23 heavy (non-hydrogen) atoms. The Morgan fingerprint density at radius 1 is 1.13 bits per heavy atom. The SMILES string of the molecule is Cc1ccc(S(=O)(=O)N(CCCN)Cc2ccccc2)c(F)c1. The average molecular weight is 336 g/mol. The van der Waals surface area contributed by atoms with Crippen LogP contribution in [0.15, 0.2) is 53.4 Å². The van der Waals surface area contributed by atoms with Crippen LogP contribution in [0.3, 0.4) is 0 Å². The van der Waals surface area contributed by atoms with Gasteiger partial charge in [0, 0.05) is 13.1 Å². The molecule has 0 aliphatic heterocycles. The summed E-state index contributed by atoms with van der Waals surface area (Å²) in [6, 6.07) is 13.4. The fourth-order valence-corrected chi connectivity index (χ4v) is 3.81. The van der Waals surface area contributed by atoms with Crippen LogP contribution in [-0.2, 0) is 16.6 Å². The van der Waals surface area contributed by atoms with E-state index < -0.39 is 15.8 Å². The quantitative estimate of drug-likeness (QED) is 0.845. The first-order chi connectivity index (χ1) is 10.9. The van der Waals surface area contributed by atoms with Crippen LogP contribution < -0.4 is 5.73 Å². The van der Waals surface area contributed by atoms with Gasteiger partial charge in [0.1, 0.15) is 10.7 Å². The van der Waals surface area contributed by atoms with Crippen LogP contribution in [0.25, 0.3) is 0 Å². The van der Waals surface area contributed by atoms with Crippen LogP contribution in [0.5, 0.6) is 0 Å². The minimum atomic E-state index is -3.92. The largest absolute Gasteiger partial charge is 0.330 e. The number of hydrogen-bond acceptors (Lipinski definition) is 3. The van der Waals surface area contributed by atoms with E-state index >= 15 is 0 Å². The molecule has 0 fully saturated rings. The van der Waals surface area contributed by atoms with E-state index in [1.807, 2.05) is 30.3 Å². The number of nitrogens with zero attached hydrogens (tertiary/aromatic N) is 1. The lowest BCUT2D eigenvalue weighted by molar-refractivity contribution is 0.398. The second-order valence-corrected chi connectivity index (χ2v) is 7.31. The molecular formula is C17H21FN2O2S. The lowest BCUT2D eigenvalue weighted by Crippen LogP contribution is -2.33. The Hall–Kier alpha value is -1.76. The predicted octanol–water partition coefficient (Wildman–Crippen LogP) is 2.67. The highest BCUT2D eigenvalue weighted by molar-refractivity contribution is 7.89. The fourth-order valence-electron chi connectivity index (χ4n) is 2.29. The second kappa shape index (κ2) is 7.68. The molecule has 2 aromatic rings. The van der Waals surface area contributed by atoms with Crippen molar-refractivity contribution in [2.75, 3.05) is 13.1 Å². The van der Waals surface area contributed by atoms with Crippen molar-refractivity contribution in [3.63, 3.8) is 0 Å². The maximum atomic E-state index is 14.1. The van der Waals surface area contributed by atoms with Crippen LogP contribution >= 0.6 is 0 Å². The zero-order chi connectivity index (χ0) is 16.9. The van der Waals surface area contributed by atoms with Crippen molar-refractivity contribution in [3.8, 4) is 0 Å². The minimum absolute atomic E-state index is 0.191. The standard InChI is InChI=1S/C17H21FN2O2S/c1-14-8-9-17(16(18)12-14)23(21,22)20(11-5-10-19)13-15-6-3-2-4-7-15/h2-4,6-9,12H,5,10-11,13,19H2,1H3. The molecule has 0 aliphatic rings. The first-order valence-corrected chi connectivity index (χ1v) is 8.89. The monoisotopic (exact) mass is 336 g/mol. The minimum Gasteiger partial charge on any atom is -0.330 e. The van der Waals surface area contributed by atoms with Crippen LogP contribution in [-0.4, -0.2) is 25.8 Å². The Labute approximate surface area is 136 Å². The highest BCUT2D eigenvalue weighted by Crippen LogP contribution is 2.22. The Morgan fingerprint density at radius 3 is 2.43 bits per heavy atom. The first-order valence-electron chi connectivity index (χ1n) is 7.45. The summed E-state index contributed by atoms with van der Waals surface area (Å²) >= 11 is 0. The van der Waals surface area contributed by atoms with Gasteiger partial charge in [0.05, 0.1) is 0 Å². The third kappa shape index (κ3) is 4.37. The van der Waals surface area contributed by atoms with E-state index in [-0.39, 0.29) is 18.0 Å². The third-order valence-corrected chi connectivity index (χ3v) is 5.40. The van der Waals surface area contributed by atoms with E-state index in [1.54, 1.807) is 13.0 Å². The van der Waals surface area contributed by atoms with Gasteiger partial charge in [-0.2, -0.15) is 4.31 Å². The average Bonchev–Trinajstić information content (AvgIpc) is 2.52. The highest BCUT2D eigenvalue weighted by atomic mass is 32.2. The summed E-state index contributed by atoms with van der Waals surface area (Å²) in [5.41, 5.74) is 7.03. The van der Waals surface area contributed by atoms with Crippen molar-refractivity contribution in [2.45, 2.75) is 24.8 Å². The van der Waals surface area contributed by atoms with Gasteiger partial charge in [-0.3, -0.25) is 0 Å². The summed E-state index contributed by atoms with van der Waals surface area (Å²) in [5, 5.41) is 0. The van der Waals surface area contributed by atoms with Gasteiger partial charge in [-0.15, -0.1) is 0 Å². The van der Waals surface area contributed by atoms with E-state index in [2.05, 4.69) is 0 Å². The topological polar surface area (TPSA) is 63.4 Å². The molecule has 0 atom stereocenters. The molecule has 6 heteroatoms. The Bertz CT molecular complexity index is 748. The van der Waals surface area contributed by atoms with Crippen LogP contribution in [0.4, 0.5) is 4.39 Å². The zero-order valence-corrected chi connectivity index (χ0v) is 13.9. The number of rotatable bonds is 7. The third-order valence-electron chi connectivity index (χ3n) is 3.52. The Balaban J connectivity index is 2.36. The number of nitrogens with two attached hydrogens (primary N) is 1.